The van der Waals surface area contributed by atoms with Crippen molar-refractivity contribution in [2.24, 2.45) is 0 Å². The quantitative estimate of drug-likeness (QED) is 0.336. The van der Waals surface area contributed by atoms with Crippen molar-refractivity contribution in [2.75, 3.05) is 18.0 Å². The number of rotatable bonds is 7. The Bertz CT molecular complexity index is 1620. The van der Waals surface area contributed by atoms with Gasteiger partial charge in [-0.15, -0.1) is 0 Å². The number of sulfonamides is 1. The van der Waals surface area contributed by atoms with Crippen LogP contribution < -0.4 is 15.1 Å². The summed E-state index contributed by atoms with van der Waals surface area (Å²) in [5.74, 6) is -2.23. The van der Waals surface area contributed by atoms with Crippen molar-refractivity contribution >= 4 is 49.9 Å². The van der Waals surface area contributed by atoms with Crippen LogP contribution in [0.5, 0.6) is 0 Å². The Labute approximate surface area is 214 Å². The Morgan fingerprint density at radius 2 is 1.89 bits per heavy atom. The van der Waals surface area contributed by atoms with Crippen LogP contribution >= 0.6 is 11.6 Å². The maximum atomic E-state index is 15.3. The van der Waals surface area contributed by atoms with Crippen LogP contribution in [0.25, 0.3) is 10.9 Å². The van der Waals surface area contributed by atoms with E-state index in [9.17, 15) is 33.2 Å². The average Bonchev–Trinajstić information content (AvgIpc) is 3.59. The first-order valence-corrected chi connectivity index (χ1v) is 13.2. The molecule has 1 saturated heterocycles. The molecule has 1 aromatic heterocycles. The van der Waals surface area contributed by atoms with Crippen LogP contribution in [0.3, 0.4) is 0 Å². The summed E-state index contributed by atoms with van der Waals surface area (Å²) in [5.41, 5.74) is -1.30. The van der Waals surface area contributed by atoms with Crippen molar-refractivity contribution < 1.29 is 27.6 Å². The topological polar surface area (TPSA) is 152 Å². The third kappa shape index (κ3) is 4.54. The molecule has 0 spiro atoms. The number of halogens is 2. The summed E-state index contributed by atoms with van der Waals surface area (Å²) in [6.45, 7) is 0.339. The number of nitrogens with zero attached hydrogens (tertiary/aromatic N) is 3. The van der Waals surface area contributed by atoms with E-state index in [1.807, 2.05) is 0 Å². The van der Waals surface area contributed by atoms with E-state index in [4.69, 9.17) is 11.6 Å². The molecule has 2 N–H and O–H groups in total. The van der Waals surface area contributed by atoms with Crippen LogP contribution in [0.15, 0.2) is 46.2 Å². The van der Waals surface area contributed by atoms with Crippen LogP contribution in [0.2, 0.25) is 5.02 Å². The molecule has 2 fully saturated rings. The van der Waals surface area contributed by atoms with Gasteiger partial charge in [0.1, 0.15) is 11.4 Å². The minimum atomic E-state index is -4.00. The number of hydrogen-bond acceptors (Lipinski definition) is 7. The third-order valence-electron chi connectivity index (χ3n) is 6.54. The summed E-state index contributed by atoms with van der Waals surface area (Å²) in [6.07, 6.45) is 3.09. The van der Waals surface area contributed by atoms with Gasteiger partial charge < -0.3 is 14.6 Å². The van der Waals surface area contributed by atoms with Crippen LogP contribution in [0, 0.1) is 15.9 Å². The van der Waals surface area contributed by atoms with E-state index in [1.54, 1.807) is 9.47 Å². The second-order valence-corrected chi connectivity index (χ2v) is 11.1. The van der Waals surface area contributed by atoms with Crippen LogP contribution in [0.1, 0.15) is 35.7 Å². The van der Waals surface area contributed by atoms with Gasteiger partial charge in [-0.25, -0.2) is 22.3 Å². The molecule has 2 aliphatic rings. The third-order valence-corrected chi connectivity index (χ3v) is 8.43. The second kappa shape index (κ2) is 9.08. The molecule has 14 heteroatoms. The highest BCUT2D eigenvalue weighted by Gasteiger charge is 2.33. The number of nitro benzene ring substituents is 1. The van der Waals surface area contributed by atoms with E-state index in [1.165, 1.54) is 6.20 Å². The number of non-ortho nitro benzene ring substituents is 1. The molecule has 1 atom stereocenters. The second-order valence-electron chi connectivity index (χ2n) is 9.04. The number of anilines is 1. The highest BCUT2D eigenvalue weighted by atomic mass is 35.5. The number of benzene rings is 2. The number of nitro groups is 1. The minimum absolute atomic E-state index is 0.00285. The highest BCUT2D eigenvalue weighted by Crippen LogP contribution is 2.42. The number of nitrogens with one attached hydrogen (secondary N) is 1. The van der Waals surface area contributed by atoms with E-state index in [-0.39, 0.29) is 51.3 Å². The molecule has 1 saturated carbocycles. The lowest BCUT2D eigenvalue weighted by molar-refractivity contribution is -0.384. The number of hydrogen-bond donors (Lipinski definition) is 2. The molecule has 0 bridgehead atoms. The van der Waals surface area contributed by atoms with Crippen molar-refractivity contribution in [3.8, 4) is 0 Å². The predicted octanol–water partition coefficient (Wildman–Crippen LogP) is 3.29. The number of aromatic nitrogens is 1. The molecule has 37 heavy (non-hydrogen) atoms. The van der Waals surface area contributed by atoms with E-state index >= 15 is 4.39 Å². The maximum absolute atomic E-state index is 15.3. The summed E-state index contributed by atoms with van der Waals surface area (Å²) in [4.78, 5) is 36.0. The molecule has 0 radical (unpaired) electrons. The fourth-order valence-corrected chi connectivity index (χ4v) is 6.28. The first kappa shape index (κ1) is 25.1. The number of fused-ring (bicyclic) bond motifs is 1. The van der Waals surface area contributed by atoms with E-state index < -0.39 is 43.8 Å². The molecule has 1 aliphatic heterocycles. The largest absolute Gasteiger partial charge is 0.477 e. The van der Waals surface area contributed by atoms with Crippen molar-refractivity contribution in [1.82, 2.24) is 9.29 Å². The van der Waals surface area contributed by atoms with Gasteiger partial charge in [-0.05, 0) is 37.5 Å². The Morgan fingerprint density at radius 1 is 1.22 bits per heavy atom. The zero-order chi connectivity index (χ0) is 26.6. The van der Waals surface area contributed by atoms with Gasteiger partial charge in [0.25, 0.3) is 5.69 Å². The summed E-state index contributed by atoms with van der Waals surface area (Å²) < 4.78 is 45.0. The summed E-state index contributed by atoms with van der Waals surface area (Å²) in [5, 5.41) is 20.1. The molecule has 5 rings (SSSR count). The molecule has 11 nitrogen and oxygen atoms in total. The normalized spacial score (nSPS) is 17.9. The first-order chi connectivity index (χ1) is 17.5. The average molecular weight is 551 g/mol. The zero-order valence-electron chi connectivity index (χ0n) is 19.1. The van der Waals surface area contributed by atoms with Crippen LogP contribution in [-0.4, -0.2) is 48.1 Å². The van der Waals surface area contributed by atoms with Gasteiger partial charge in [-0.2, -0.15) is 0 Å². The van der Waals surface area contributed by atoms with Crippen molar-refractivity contribution in [3.63, 3.8) is 0 Å². The molecule has 1 aliphatic carbocycles. The molecule has 2 aromatic carbocycles. The lowest BCUT2D eigenvalue weighted by Crippen LogP contribution is -2.37. The summed E-state index contributed by atoms with van der Waals surface area (Å²) in [7, 11) is -4.00. The Kier molecular flexibility index (Phi) is 6.16. The van der Waals surface area contributed by atoms with Crippen molar-refractivity contribution in [3.05, 3.63) is 73.3 Å². The zero-order valence-corrected chi connectivity index (χ0v) is 20.6. The van der Waals surface area contributed by atoms with Crippen molar-refractivity contribution in [2.45, 2.75) is 36.2 Å². The number of carboxylic acids is 1. The SMILES string of the molecule is O=C(O)c1cn(C2CC2)c2c(Cl)c(N3CCC(NS(=O)(=O)c4ccc([N+](=O)[O-])cc4)C3)c(F)cc2c1=O. The molecule has 194 valence electrons. The van der Waals surface area contributed by atoms with E-state index in [0.717, 1.165) is 43.2 Å². The number of pyridine rings is 1. The van der Waals surface area contributed by atoms with Crippen LogP contribution in [-0.2, 0) is 10.0 Å². The first-order valence-electron chi connectivity index (χ1n) is 11.3. The molecule has 2 heterocycles. The summed E-state index contributed by atoms with van der Waals surface area (Å²) >= 11 is 6.64. The minimum Gasteiger partial charge on any atom is -0.477 e. The Morgan fingerprint density at radius 3 is 2.49 bits per heavy atom. The van der Waals surface area contributed by atoms with Gasteiger partial charge in [-0.3, -0.25) is 14.9 Å². The van der Waals surface area contributed by atoms with Gasteiger partial charge in [0.05, 0.1) is 31.4 Å². The standard InChI is InChI=1S/C23H20ClFN4O7S/c24-19-20-16(22(30)17(23(31)32)11-28(20)13-1-2-13)9-18(25)21(19)27-8-7-12(10-27)26-37(35,36)15-5-3-14(4-6-15)29(33)34/h3-6,9,11-13,26H,1-2,7-8,10H2,(H,31,32). The van der Waals surface area contributed by atoms with Gasteiger partial charge >= 0.3 is 5.97 Å². The molecular formula is C23H20ClFN4O7S. The number of aromatic carboxylic acids is 1. The number of carbonyl (C=O) groups is 1. The molecule has 0 amide bonds. The monoisotopic (exact) mass is 550 g/mol. The molecule has 3 aromatic rings. The fourth-order valence-electron chi connectivity index (χ4n) is 4.61. The fraction of sp³-hybridized carbons (Fsp3) is 0.304. The van der Waals surface area contributed by atoms with Gasteiger partial charge in [0.2, 0.25) is 15.5 Å². The van der Waals surface area contributed by atoms with Crippen molar-refractivity contribution in [1.29, 1.82) is 0 Å². The van der Waals surface area contributed by atoms with E-state index in [2.05, 4.69) is 4.72 Å². The van der Waals surface area contributed by atoms with Gasteiger partial charge in [0.15, 0.2) is 0 Å². The molecular weight excluding hydrogens is 531 g/mol. The Hall–Kier alpha value is -3.55. The summed E-state index contributed by atoms with van der Waals surface area (Å²) in [6, 6.07) is 4.77. The van der Waals surface area contributed by atoms with Gasteiger partial charge in [-0.1, -0.05) is 11.6 Å². The van der Waals surface area contributed by atoms with E-state index in [0.29, 0.717) is 6.42 Å². The smallest absolute Gasteiger partial charge is 0.341 e. The Balaban J connectivity index is 1.46. The maximum Gasteiger partial charge on any atom is 0.341 e. The lowest BCUT2D eigenvalue weighted by atomic mass is 10.1. The lowest BCUT2D eigenvalue weighted by Gasteiger charge is -2.23. The van der Waals surface area contributed by atoms with Crippen LogP contribution in [0.4, 0.5) is 15.8 Å². The van der Waals surface area contributed by atoms with Gasteiger partial charge in [0, 0.05) is 43.5 Å². The number of carboxylic acid groups (broad SMARTS) is 1. The highest BCUT2D eigenvalue weighted by molar-refractivity contribution is 7.89. The predicted molar refractivity (Wildman–Crippen MR) is 132 cm³/mol. The molecule has 1 unspecified atom stereocenters.